The van der Waals surface area contributed by atoms with Gasteiger partial charge < -0.3 is 5.32 Å². The second kappa shape index (κ2) is 5.50. The topological polar surface area (TPSA) is 12.0 Å². The zero-order chi connectivity index (χ0) is 14.3. The molecule has 0 atom stereocenters. The quantitative estimate of drug-likeness (QED) is 0.802. The number of hydrogen-bond donors (Lipinski definition) is 1. The van der Waals surface area contributed by atoms with E-state index in [0.717, 1.165) is 24.9 Å². The van der Waals surface area contributed by atoms with Crippen molar-refractivity contribution in [2.75, 3.05) is 6.54 Å². The zero-order valence-electron chi connectivity index (χ0n) is 13.0. The Kier molecular flexibility index (Phi) is 3.87. The third-order valence-corrected chi connectivity index (χ3v) is 5.42. The van der Waals surface area contributed by atoms with Crippen LogP contribution in [0.5, 0.6) is 0 Å². The highest BCUT2D eigenvalue weighted by Crippen LogP contribution is 2.48. The van der Waals surface area contributed by atoms with Crippen molar-refractivity contribution < 1.29 is 0 Å². The molecule has 0 unspecified atom stereocenters. The first kappa shape index (κ1) is 14.1. The molecule has 108 valence electrons. The minimum Gasteiger partial charge on any atom is -0.312 e. The van der Waals surface area contributed by atoms with E-state index >= 15 is 0 Å². The third kappa shape index (κ3) is 2.77. The van der Waals surface area contributed by atoms with Gasteiger partial charge in [-0.3, -0.25) is 0 Å². The summed E-state index contributed by atoms with van der Waals surface area (Å²) in [6, 6.07) is 4.72. The predicted molar refractivity (Wildman–Crippen MR) is 89.8 cm³/mol. The molecule has 1 aliphatic carbocycles. The highest BCUT2D eigenvalue weighted by atomic mass is 32.1. The van der Waals surface area contributed by atoms with Crippen LogP contribution in [0.25, 0.3) is 10.1 Å². The highest BCUT2D eigenvalue weighted by Gasteiger charge is 2.29. The molecule has 1 nitrogen and oxygen atoms in total. The molecule has 2 aromatic rings. The van der Waals surface area contributed by atoms with Crippen LogP contribution in [0.4, 0.5) is 0 Å². The summed E-state index contributed by atoms with van der Waals surface area (Å²) in [7, 11) is 0. The Hall–Kier alpha value is -0.860. The fourth-order valence-corrected chi connectivity index (χ4v) is 4.35. The van der Waals surface area contributed by atoms with Crippen molar-refractivity contribution in [1.29, 1.82) is 0 Å². The van der Waals surface area contributed by atoms with Gasteiger partial charge in [-0.25, -0.2) is 0 Å². The average molecular weight is 287 g/mol. The van der Waals surface area contributed by atoms with Gasteiger partial charge in [-0.05, 0) is 61.6 Å². The highest BCUT2D eigenvalue weighted by molar-refractivity contribution is 7.19. The van der Waals surface area contributed by atoms with Crippen molar-refractivity contribution in [2.45, 2.75) is 53.0 Å². The Morgan fingerprint density at radius 3 is 2.65 bits per heavy atom. The summed E-state index contributed by atoms with van der Waals surface area (Å²) in [5.41, 5.74) is 4.51. The lowest BCUT2D eigenvalue weighted by atomic mass is 10.0. The van der Waals surface area contributed by atoms with Crippen molar-refractivity contribution in [3.8, 4) is 0 Å². The number of rotatable bonds is 5. The maximum Gasteiger partial charge on any atom is 0.0378 e. The smallest absolute Gasteiger partial charge is 0.0378 e. The van der Waals surface area contributed by atoms with Crippen LogP contribution in [-0.2, 0) is 6.54 Å². The molecule has 0 radical (unpaired) electrons. The second-order valence-corrected chi connectivity index (χ2v) is 7.80. The van der Waals surface area contributed by atoms with E-state index in [-0.39, 0.29) is 0 Å². The largest absolute Gasteiger partial charge is 0.312 e. The molecule has 1 saturated carbocycles. The van der Waals surface area contributed by atoms with Crippen LogP contribution in [-0.4, -0.2) is 6.54 Å². The Bertz CT molecular complexity index is 620. The SMILES string of the molecule is Cc1cc(C)c2sc(CNCC(C)C)c(C3CC3)c2c1. The normalized spacial score (nSPS) is 15.4. The van der Waals surface area contributed by atoms with Gasteiger partial charge in [0.1, 0.15) is 0 Å². The number of fused-ring (bicyclic) bond motifs is 1. The van der Waals surface area contributed by atoms with Crippen LogP contribution < -0.4 is 5.32 Å². The molecule has 20 heavy (non-hydrogen) atoms. The van der Waals surface area contributed by atoms with E-state index in [0.29, 0.717) is 0 Å². The maximum atomic E-state index is 3.63. The molecule has 2 heteroatoms. The minimum absolute atomic E-state index is 0.720. The van der Waals surface area contributed by atoms with E-state index in [4.69, 9.17) is 0 Å². The zero-order valence-corrected chi connectivity index (χ0v) is 13.9. The summed E-state index contributed by atoms with van der Waals surface area (Å²) < 4.78 is 1.51. The van der Waals surface area contributed by atoms with Crippen LogP contribution in [0.15, 0.2) is 12.1 Å². The standard InChI is InChI=1S/C18H25NS/c1-11(2)9-19-10-16-17(14-5-6-14)15-8-12(3)7-13(4)18(15)20-16/h7-8,11,14,19H,5-6,9-10H2,1-4H3. The van der Waals surface area contributed by atoms with Crippen LogP contribution >= 0.6 is 11.3 Å². The number of aryl methyl sites for hydroxylation is 2. The summed E-state index contributed by atoms with van der Waals surface area (Å²) in [5.74, 6) is 1.55. The molecular formula is C18H25NS. The molecule has 1 aromatic heterocycles. The molecule has 0 bridgehead atoms. The number of hydrogen-bond acceptors (Lipinski definition) is 2. The van der Waals surface area contributed by atoms with Gasteiger partial charge in [-0.1, -0.05) is 31.5 Å². The lowest BCUT2D eigenvalue weighted by Crippen LogP contribution is -2.18. The summed E-state index contributed by atoms with van der Waals surface area (Å²) in [4.78, 5) is 1.58. The minimum atomic E-state index is 0.720. The van der Waals surface area contributed by atoms with Gasteiger partial charge in [-0.15, -0.1) is 11.3 Å². The summed E-state index contributed by atoms with van der Waals surface area (Å²) in [5, 5.41) is 5.17. The van der Waals surface area contributed by atoms with Crippen LogP contribution in [0.1, 0.15) is 54.2 Å². The Labute approximate surface area is 126 Å². The molecule has 0 aliphatic heterocycles. The lowest BCUT2D eigenvalue weighted by molar-refractivity contribution is 0.554. The van der Waals surface area contributed by atoms with E-state index in [2.05, 4.69) is 45.1 Å². The van der Waals surface area contributed by atoms with Crippen molar-refractivity contribution in [3.63, 3.8) is 0 Å². The predicted octanol–water partition coefficient (Wildman–Crippen LogP) is 5.14. The van der Waals surface area contributed by atoms with Gasteiger partial charge >= 0.3 is 0 Å². The van der Waals surface area contributed by atoms with Crippen molar-refractivity contribution >= 4 is 21.4 Å². The number of thiophene rings is 1. The molecule has 1 fully saturated rings. The fraction of sp³-hybridized carbons (Fsp3) is 0.556. The van der Waals surface area contributed by atoms with Crippen LogP contribution in [0.2, 0.25) is 0 Å². The molecule has 0 amide bonds. The number of benzene rings is 1. The molecule has 0 spiro atoms. The molecule has 1 heterocycles. The van der Waals surface area contributed by atoms with E-state index < -0.39 is 0 Å². The first-order valence-corrected chi connectivity index (χ1v) is 8.61. The molecule has 1 N–H and O–H groups in total. The van der Waals surface area contributed by atoms with Gasteiger partial charge in [0, 0.05) is 16.1 Å². The van der Waals surface area contributed by atoms with E-state index in [1.54, 1.807) is 10.4 Å². The van der Waals surface area contributed by atoms with Crippen molar-refractivity contribution in [3.05, 3.63) is 33.7 Å². The summed E-state index contributed by atoms with van der Waals surface area (Å²) in [6.45, 7) is 11.2. The first-order chi connectivity index (χ1) is 9.56. The Morgan fingerprint density at radius 2 is 2.00 bits per heavy atom. The van der Waals surface area contributed by atoms with Gasteiger partial charge in [-0.2, -0.15) is 0 Å². The van der Waals surface area contributed by atoms with E-state index in [9.17, 15) is 0 Å². The number of nitrogens with one attached hydrogen (secondary N) is 1. The van der Waals surface area contributed by atoms with E-state index in [1.807, 2.05) is 11.3 Å². The van der Waals surface area contributed by atoms with Crippen LogP contribution in [0.3, 0.4) is 0 Å². The first-order valence-electron chi connectivity index (χ1n) is 7.79. The van der Waals surface area contributed by atoms with Crippen molar-refractivity contribution in [2.24, 2.45) is 5.92 Å². The molecule has 1 aliphatic rings. The second-order valence-electron chi connectivity index (χ2n) is 6.70. The van der Waals surface area contributed by atoms with Gasteiger partial charge in [0.2, 0.25) is 0 Å². The van der Waals surface area contributed by atoms with Crippen molar-refractivity contribution in [1.82, 2.24) is 5.32 Å². The van der Waals surface area contributed by atoms with E-state index in [1.165, 1.54) is 34.1 Å². The fourth-order valence-electron chi connectivity index (χ4n) is 3.04. The molecule has 3 rings (SSSR count). The lowest BCUT2D eigenvalue weighted by Gasteiger charge is -2.08. The molecular weight excluding hydrogens is 262 g/mol. The third-order valence-electron chi connectivity index (χ3n) is 4.06. The van der Waals surface area contributed by atoms with Crippen LogP contribution in [0, 0.1) is 19.8 Å². The average Bonchev–Trinajstić information content (AvgIpc) is 3.12. The Morgan fingerprint density at radius 1 is 1.25 bits per heavy atom. The maximum absolute atomic E-state index is 3.63. The molecule has 0 saturated heterocycles. The Balaban J connectivity index is 1.98. The van der Waals surface area contributed by atoms with Gasteiger partial charge in [0.25, 0.3) is 0 Å². The monoisotopic (exact) mass is 287 g/mol. The van der Waals surface area contributed by atoms with Gasteiger partial charge in [0.05, 0.1) is 0 Å². The van der Waals surface area contributed by atoms with Gasteiger partial charge in [0.15, 0.2) is 0 Å². The summed E-state index contributed by atoms with van der Waals surface area (Å²) >= 11 is 2.02. The molecule has 1 aromatic carbocycles. The summed E-state index contributed by atoms with van der Waals surface area (Å²) in [6.07, 6.45) is 2.77.